The number of hydrogen-bond acceptors (Lipinski definition) is 4. The summed E-state index contributed by atoms with van der Waals surface area (Å²) in [6, 6.07) is 9.94. The number of pyridine rings is 1. The van der Waals surface area contributed by atoms with Gasteiger partial charge in [-0.2, -0.15) is 0 Å². The van der Waals surface area contributed by atoms with Crippen LogP contribution in [0.3, 0.4) is 0 Å². The Bertz CT molecular complexity index is 580. The Morgan fingerprint density at radius 1 is 1.30 bits per heavy atom. The SMILES string of the molecule is NCc1cc(OCC2CCCCO2)nc2ccccc12. The topological polar surface area (TPSA) is 57.4 Å². The van der Waals surface area contributed by atoms with Gasteiger partial charge < -0.3 is 15.2 Å². The van der Waals surface area contributed by atoms with Crippen molar-refractivity contribution >= 4 is 10.9 Å². The molecule has 106 valence electrons. The first-order valence-corrected chi connectivity index (χ1v) is 7.20. The predicted octanol–water partition coefficient (Wildman–Crippen LogP) is 2.64. The molecular weight excluding hydrogens is 252 g/mol. The predicted molar refractivity (Wildman–Crippen MR) is 78.7 cm³/mol. The van der Waals surface area contributed by atoms with Gasteiger partial charge >= 0.3 is 0 Å². The molecule has 0 amide bonds. The van der Waals surface area contributed by atoms with Crippen LogP contribution in [0.1, 0.15) is 24.8 Å². The largest absolute Gasteiger partial charge is 0.475 e. The summed E-state index contributed by atoms with van der Waals surface area (Å²) in [5, 5.41) is 1.09. The Morgan fingerprint density at radius 2 is 2.20 bits per heavy atom. The number of para-hydroxylation sites is 1. The van der Waals surface area contributed by atoms with Gasteiger partial charge in [0, 0.05) is 24.6 Å². The van der Waals surface area contributed by atoms with Crippen LogP contribution in [-0.2, 0) is 11.3 Å². The third-order valence-corrected chi connectivity index (χ3v) is 3.69. The van der Waals surface area contributed by atoms with Gasteiger partial charge in [-0.15, -0.1) is 0 Å². The highest BCUT2D eigenvalue weighted by Gasteiger charge is 2.15. The summed E-state index contributed by atoms with van der Waals surface area (Å²) >= 11 is 0. The second kappa shape index (κ2) is 6.20. The van der Waals surface area contributed by atoms with E-state index in [2.05, 4.69) is 4.98 Å². The van der Waals surface area contributed by atoms with Crippen LogP contribution in [0.15, 0.2) is 30.3 Å². The molecule has 2 aromatic rings. The first kappa shape index (κ1) is 13.3. The van der Waals surface area contributed by atoms with Gasteiger partial charge in [-0.25, -0.2) is 4.98 Å². The van der Waals surface area contributed by atoms with Gasteiger partial charge in [-0.3, -0.25) is 0 Å². The summed E-state index contributed by atoms with van der Waals surface area (Å²) in [5.74, 6) is 0.637. The summed E-state index contributed by atoms with van der Waals surface area (Å²) < 4.78 is 11.5. The maximum absolute atomic E-state index is 5.82. The lowest BCUT2D eigenvalue weighted by molar-refractivity contribution is -0.0118. The number of rotatable bonds is 4. The molecule has 1 fully saturated rings. The van der Waals surface area contributed by atoms with E-state index < -0.39 is 0 Å². The van der Waals surface area contributed by atoms with Crippen molar-refractivity contribution in [2.75, 3.05) is 13.2 Å². The minimum Gasteiger partial charge on any atom is -0.475 e. The summed E-state index contributed by atoms with van der Waals surface area (Å²) in [4.78, 5) is 4.53. The maximum Gasteiger partial charge on any atom is 0.214 e. The molecule has 1 unspecified atom stereocenters. The summed E-state index contributed by atoms with van der Waals surface area (Å²) in [6.45, 7) is 1.89. The van der Waals surface area contributed by atoms with Crippen LogP contribution in [0.5, 0.6) is 5.88 Å². The fourth-order valence-corrected chi connectivity index (χ4v) is 2.58. The normalized spacial score (nSPS) is 19.1. The fraction of sp³-hybridized carbons (Fsp3) is 0.438. The Balaban J connectivity index is 1.77. The van der Waals surface area contributed by atoms with Crippen molar-refractivity contribution in [3.05, 3.63) is 35.9 Å². The second-order valence-electron chi connectivity index (χ2n) is 5.14. The molecule has 2 heterocycles. The van der Waals surface area contributed by atoms with Gasteiger partial charge in [-0.05, 0) is 30.9 Å². The Kier molecular flexibility index (Phi) is 4.14. The highest BCUT2D eigenvalue weighted by molar-refractivity contribution is 5.82. The van der Waals surface area contributed by atoms with Crippen LogP contribution < -0.4 is 10.5 Å². The van der Waals surface area contributed by atoms with Gasteiger partial charge in [0.25, 0.3) is 0 Å². The van der Waals surface area contributed by atoms with Gasteiger partial charge in [0.2, 0.25) is 5.88 Å². The average molecular weight is 272 g/mol. The van der Waals surface area contributed by atoms with Crippen molar-refractivity contribution in [1.29, 1.82) is 0 Å². The van der Waals surface area contributed by atoms with Crippen molar-refractivity contribution in [2.45, 2.75) is 31.9 Å². The molecule has 1 atom stereocenters. The van der Waals surface area contributed by atoms with Crippen molar-refractivity contribution < 1.29 is 9.47 Å². The van der Waals surface area contributed by atoms with Crippen molar-refractivity contribution in [1.82, 2.24) is 4.98 Å². The molecule has 20 heavy (non-hydrogen) atoms. The molecule has 0 spiro atoms. The minimum absolute atomic E-state index is 0.193. The van der Waals surface area contributed by atoms with Crippen molar-refractivity contribution in [2.24, 2.45) is 5.73 Å². The van der Waals surface area contributed by atoms with Crippen molar-refractivity contribution in [3.63, 3.8) is 0 Å². The number of hydrogen-bond donors (Lipinski definition) is 1. The summed E-state index contributed by atoms with van der Waals surface area (Å²) in [6.07, 6.45) is 3.63. The van der Waals surface area contributed by atoms with E-state index in [1.54, 1.807) is 0 Å². The zero-order valence-electron chi connectivity index (χ0n) is 11.5. The Hall–Kier alpha value is -1.65. The van der Waals surface area contributed by atoms with Crippen LogP contribution in [0.2, 0.25) is 0 Å². The van der Waals surface area contributed by atoms with Crippen LogP contribution in [-0.4, -0.2) is 24.3 Å². The third kappa shape index (κ3) is 2.92. The van der Waals surface area contributed by atoms with Gasteiger partial charge in [-0.1, -0.05) is 18.2 Å². The first-order chi connectivity index (χ1) is 9.86. The van der Waals surface area contributed by atoms with Gasteiger partial charge in [0.1, 0.15) is 6.61 Å². The molecule has 3 rings (SSSR count). The summed E-state index contributed by atoms with van der Waals surface area (Å²) in [7, 11) is 0. The van der Waals surface area contributed by atoms with E-state index in [0.29, 0.717) is 19.0 Å². The van der Waals surface area contributed by atoms with E-state index in [9.17, 15) is 0 Å². The van der Waals surface area contributed by atoms with Crippen LogP contribution >= 0.6 is 0 Å². The Morgan fingerprint density at radius 3 is 3.00 bits per heavy atom. The second-order valence-corrected chi connectivity index (χ2v) is 5.14. The molecular formula is C16H20N2O2. The molecule has 0 bridgehead atoms. The number of ether oxygens (including phenoxy) is 2. The zero-order chi connectivity index (χ0) is 13.8. The van der Waals surface area contributed by atoms with E-state index in [1.165, 1.54) is 6.42 Å². The third-order valence-electron chi connectivity index (χ3n) is 3.69. The average Bonchev–Trinajstić information content (AvgIpc) is 2.53. The minimum atomic E-state index is 0.193. The lowest BCUT2D eigenvalue weighted by Crippen LogP contribution is -2.26. The first-order valence-electron chi connectivity index (χ1n) is 7.20. The van der Waals surface area contributed by atoms with E-state index in [1.807, 2.05) is 30.3 Å². The highest BCUT2D eigenvalue weighted by Crippen LogP contribution is 2.22. The molecule has 0 saturated carbocycles. The zero-order valence-corrected chi connectivity index (χ0v) is 11.5. The smallest absolute Gasteiger partial charge is 0.214 e. The molecule has 1 aliphatic heterocycles. The molecule has 0 radical (unpaired) electrons. The van der Waals surface area contributed by atoms with Gasteiger partial charge in [0.15, 0.2) is 0 Å². The lowest BCUT2D eigenvalue weighted by atomic mass is 10.1. The molecule has 1 saturated heterocycles. The standard InChI is InChI=1S/C16H20N2O2/c17-10-12-9-16(18-15-7-2-1-6-14(12)15)20-11-13-5-3-4-8-19-13/h1-2,6-7,9,13H,3-5,8,10-11,17H2. The van der Waals surface area contributed by atoms with Crippen LogP contribution in [0, 0.1) is 0 Å². The van der Waals surface area contributed by atoms with Crippen LogP contribution in [0.4, 0.5) is 0 Å². The van der Waals surface area contributed by atoms with Crippen LogP contribution in [0.25, 0.3) is 10.9 Å². The highest BCUT2D eigenvalue weighted by atomic mass is 16.5. The van der Waals surface area contributed by atoms with E-state index in [4.69, 9.17) is 15.2 Å². The monoisotopic (exact) mass is 272 g/mol. The molecule has 4 heteroatoms. The maximum atomic E-state index is 5.82. The number of nitrogens with zero attached hydrogens (tertiary/aromatic N) is 1. The molecule has 4 nitrogen and oxygen atoms in total. The number of nitrogens with two attached hydrogens (primary N) is 1. The molecule has 0 aliphatic carbocycles. The van der Waals surface area contributed by atoms with Gasteiger partial charge in [0.05, 0.1) is 11.6 Å². The number of benzene rings is 1. The molecule has 1 aromatic carbocycles. The van der Waals surface area contributed by atoms with E-state index in [-0.39, 0.29) is 6.10 Å². The molecule has 1 aliphatic rings. The molecule has 1 aromatic heterocycles. The molecule has 2 N–H and O–H groups in total. The van der Waals surface area contributed by atoms with Crippen molar-refractivity contribution in [3.8, 4) is 5.88 Å². The quantitative estimate of drug-likeness (QED) is 0.929. The number of aromatic nitrogens is 1. The summed E-state index contributed by atoms with van der Waals surface area (Å²) in [5.41, 5.74) is 7.81. The Labute approximate surface area is 118 Å². The lowest BCUT2D eigenvalue weighted by Gasteiger charge is -2.22. The van der Waals surface area contributed by atoms with E-state index >= 15 is 0 Å². The fourth-order valence-electron chi connectivity index (χ4n) is 2.58. The van der Waals surface area contributed by atoms with E-state index in [0.717, 1.165) is 35.9 Å². The number of fused-ring (bicyclic) bond motifs is 1.